The number of aryl methyl sites for hydroxylation is 1. The van der Waals surface area contributed by atoms with Crippen LogP contribution in [-0.4, -0.2) is 51.4 Å². The molecule has 1 aliphatic rings. The summed E-state index contributed by atoms with van der Waals surface area (Å²) in [6.07, 6.45) is 4.70. The Bertz CT molecular complexity index is 941. The fourth-order valence-corrected chi connectivity index (χ4v) is 4.50. The number of pyridine rings is 1. The zero-order valence-electron chi connectivity index (χ0n) is 17.1. The number of rotatable bonds is 6. The number of urea groups is 1. The maximum Gasteiger partial charge on any atom is 0.525 e. The number of hydrogen-bond donors (Lipinski definition) is 2. The largest absolute Gasteiger partial charge is 0.525 e. The quantitative estimate of drug-likeness (QED) is 0.305. The maximum absolute atomic E-state index is 13.2. The van der Waals surface area contributed by atoms with Gasteiger partial charge in [-0.1, -0.05) is 6.07 Å². The van der Waals surface area contributed by atoms with Gasteiger partial charge in [-0.3, -0.25) is 15.1 Å². The second-order valence-electron chi connectivity index (χ2n) is 7.53. The van der Waals surface area contributed by atoms with E-state index in [0.29, 0.717) is 24.8 Å². The van der Waals surface area contributed by atoms with Crippen LogP contribution in [-0.2, 0) is 17.8 Å². The van der Waals surface area contributed by atoms with Gasteiger partial charge in [-0.15, -0.1) is 4.48 Å². The number of aromatic nitrogens is 1. The molecule has 164 valence electrons. The Morgan fingerprint density at radius 2 is 2.03 bits per heavy atom. The predicted molar refractivity (Wildman–Crippen MR) is 117 cm³/mol. The molecule has 1 N–H and O–H groups in total. The van der Waals surface area contributed by atoms with Crippen molar-refractivity contribution in [2.75, 3.05) is 13.6 Å². The van der Waals surface area contributed by atoms with Crippen molar-refractivity contribution in [3.8, 4) is 0 Å². The molecule has 10 heteroatoms. The third-order valence-electron chi connectivity index (χ3n) is 5.57. The average Bonchev–Trinajstić information content (AvgIpc) is 3.13. The molecule has 0 radical (unpaired) electrons. The molecule has 3 amide bonds. The lowest BCUT2D eigenvalue weighted by atomic mass is 10.0. The molecule has 2 heterocycles. The van der Waals surface area contributed by atoms with E-state index in [4.69, 9.17) is 4.74 Å². The summed E-state index contributed by atoms with van der Waals surface area (Å²) in [5, 5.41) is 13.3. The van der Waals surface area contributed by atoms with Crippen molar-refractivity contribution < 1.29 is 23.7 Å². The summed E-state index contributed by atoms with van der Waals surface area (Å²) < 4.78 is 5.05. The van der Waals surface area contributed by atoms with Gasteiger partial charge >= 0.3 is 12.1 Å². The van der Waals surface area contributed by atoms with Gasteiger partial charge in [-0.05, 0) is 35.7 Å². The van der Waals surface area contributed by atoms with Crippen LogP contribution in [0, 0.1) is 10.1 Å². The first-order chi connectivity index (χ1) is 14.9. The minimum absolute atomic E-state index is 0.0446. The van der Waals surface area contributed by atoms with Crippen molar-refractivity contribution in [2.24, 2.45) is 0 Å². The van der Waals surface area contributed by atoms with E-state index in [1.54, 1.807) is 12.4 Å². The van der Waals surface area contributed by atoms with E-state index < -0.39 is 21.5 Å². The zero-order chi connectivity index (χ0) is 22.4. The summed E-state index contributed by atoms with van der Waals surface area (Å²) in [6.45, 7) is 0.153. The summed E-state index contributed by atoms with van der Waals surface area (Å²) >= 11 is 4.56. The Hall–Kier alpha value is -2.98. The fourth-order valence-electron chi connectivity index (χ4n) is 4.00. The number of amides is 3. The first kappa shape index (κ1) is 22.7. The van der Waals surface area contributed by atoms with Crippen LogP contribution < -0.4 is 5.32 Å². The van der Waals surface area contributed by atoms with Crippen LogP contribution in [0.1, 0.15) is 24.0 Å². The van der Waals surface area contributed by atoms with Crippen LogP contribution in [0.3, 0.4) is 0 Å². The number of imide groups is 1. The number of nitrogens with one attached hydrogen (secondary N) is 1. The number of nitro groups is 1. The standard InChI is InChI=1S/C21H24N4O5S/c1-22-20(26)25(21(27)30-14-16-4-7-17(8-5-16)24(28)29)13-19(31)11-18(25)9-6-15-3-2-10-23-12-15/h2-5,7-8,10,12,18-19H,6,9,11,13-14H2,1H3,(H-,22,26,31)/p+1/t18-,19-,25?/m0/s1. The van der Waals surface area contributed by atoms with E-state index in [-0.39, 0.29) is 30.1 Å². The predicted octanol–water partition coefficient (Wildman–Crippen LogP) is 3.49. The van der Waals surface area contributed by atoms with E-state index >= 15 is 0 Å². The summed E-state index contributed by atoms with van der Waals surface area (Å²) in [5.41, 5.74) is 1.58. The second kappa shape index (κ2) is 9.88. The highest BCUT2D eigenvalue weighted by Gasteiger charge is 2.58. The first-order valence-electron chi connectivity index (χ1n) is 9.94. The van der Waals surface area contributed by atoms with Crippen LogP contribution in [0.2, 0.25) is 0 Å². The summed E-state index contributed by atoms with van der Waals surface area (Å²) in [5.74, 6) is 0. The highest BCUT2D eigenvalue weighted by atomic mass is 32.1. The van der Waals surface area contributed by atoms with E-state index in [0.717, 1.165) is 5.56 Å². The molecule has 1 aromatic heterocycles. The lowest BCUT2D eigenvalue weighted by Crippen LogP contribution is -2.63. The summed E-state index contributed by atoms with van der Waals surface area (Å²) in [6, 6.07) is 8.85. The molecule has 0 aliphatic carbocycles. The molecule has 9 nitrogen and oxygen atoms in total. The number of benzene rings is 1. The van der Waals surface area contributed by atoms with Crippen molar-refractivity contribution in [3.63, 3.8) is 0 Å². The van der Waals surface area contributed by atoms with Gasteiger partial charge in [-0.2, -0.15) is 17.4 Å². The Morgan fingerprint density at radius 3 is 2.65 bits per heavy atom. The van der Waals surface area contributed by atoms with Gasteiger partial charge in [-0.25, -0.2) is 4.79 Å². The number of nitrogens with zero attached hydrogens (tertiary/aromatic N) is 3. The number of carbonyl (C=O) groups excluding carboxylic acids is 2. The van der Waals surface area contributed by atoms with E-state index in [1.165, 1.54) is 31.3 Å². The smallest absolute Gasteiger partial charge is 0.415 e. The van der Waals surface area contributed by atoms with Crippen LogP contribution in [0.4, 0.5) is 15.3 Å². The minimum atomic E-state index is -0.648. The molecule has 3 rings (SSSR count). The summed E-state index contributed by atoms with van der Waals surface area (Å²) in [4.78, 5) is 40.5. The molecule has 0 spiro atoms. The topological polar surface area (TPSA) is 111 Å². The van der Waals surface area contributed by atoms with Gasteiger partial charge in [0.2, 0.25) is 0 Å². The van der Waals surface area contributed by atoms with E-state index in [1.807, 2.05) is 12.1 Å². The summed E-state index contributed by atoms with van der Waals surface area (Å²) in [7, 11) is 1.50. The lowest BCUT2D eigenvalue weighted by Gasteiger charge is -2.32. The van der Waals surface area contributed by atoms with Crippen molar-refractivity contribution >= 4 is 30.4 Å². The Kier molecular flexibility index (Phi) is 7.24. The maximum atomic E-state index is 13.2. The minimum Gasteiger partial charge on any atom is -0.415 e. The normalized spacial score (nSPS) is 22.6. The number of nitro benzene ring substituents is 1. The molecule has 1 aliphatic heterocycles. The molecule has 0 bridgehead atoms. The zero-order valence-corrected chi connectivity index (χ0v) is 18.0. The number of non-ortho nitro benzene ring substituents is 1. The molecule has 2 aromatic rings. The fraction of sp³-hybridized carbons (Fsp3) is 0.381. The molecule has 3 atom stereocenters. The van der Waals surface area contributed by atoms with Gasteiger partial charge < -0.3 is 10.1 Å². The van der Waals surface area contributed by atoms with Crippen LogP contribution in [0.5, 0.6) is 0 Å². The van der Waals surface area contributed by atoms with E-state index in [2.05, 4.69) is 22.9 Å². The first-order valence-corrected chi connectivity index (χ1v) is 10.5. The van der Waals surface area contributed by atoms with Gasteiger partial charge in [0.1, 0.15) is 19.2 Å². The van der Waals surface area contributed by atoms with Crippen LogP contribution >= 0.6 is 12.6 Å². The van der Waals surface area contributed by atoms with Gasteiger partial charge in [0.15, 0.2) is 0 Å². The van der Waals surface area contributed by atoms with Gasteiger partial charge in [0, 0.05) is 44.4 Å². The molecular weight excluding hydrogens is 420 g/mol. The monoisotopic (exact) mass is 445 g/mol. The second-order valence-corrected chi connectivity index (χ2v) is 8.26. The van der Waals surface area contributed by atoms with Crippen molar-refractivity contribution in [1.82, 2.24) is 10.3 Å². The number of hydrogen-bond acceptors (Lipinski definition) is 7. The highest BCUT2D eigenvalue weighted by molar-refractivity contribution is 7.81. The van der Waals surface area contributed by atoms with Gasteiger partial charge in [0.05, 0.1) is 10.2 Å². The Balaban J connectivity index is 1.76. The molecular formula is C21H25N4O5S+. The van der Waals surface area contributed by atoms with Crippen molar-refractivity contribution in [1.29, 1.82) is 0 Å². The third kappa shape index (κ3) is 5.02. The Morgan fingerprint density at radius 1 is 1.29 bits per heavy atom. The number of likely N-dealkylation sites (tertiary alicyclic amines) is 1. The van der Waals surface area contributed by atoms with Crippen molar-refractivity contribution in [3.05, 3.63) is 70.0 Å². The number of carbonyl (C=O) groups is 2. The van der Waals surface area contributed by atoms with Gasteiger partial charge in [0.25, 0.3) is 5.69 Å². The number of quaternary nitrogens is 1. The SMILES string of the molecule is CNC(=O)[N+]1(C(=O)OCc2ccc([N+](=O)[O-])cc2)C[C@@H](S)C[C@@H]1CCc1cccnc1. The Labute approximate surface area is 185 Å². The number of ether oxygens (including phenoxy) is 1. The molecule has 1 saturated heterocycles. The lowest BCUT2D eigenvalue weighted by molar-refractivity contribution is -0.790. The molecule has 31 heavy (non-hydrogen) atoms. The highest BCUT2D eigenvalue weighted by Crippen LogP contribution is 2.35. The van der Waals surface area contributed by atoms with E-state index in [9.17, 15) is 19.7 Å². The molecule has 0 saturated carbocycles. The van der Waals surface area contributed by atoms with Crippen LogP contribution in [0.25, 0.3) is 0 Å². The van der Waals surface area contributed by atoms with Crippen molar-refractivity contribution in [2.45, 2.75) is 37.2 Å². The van der Waals surface area contributed by atoms with Crippen LogP contribution in [0.15, 0.2) is 48.8 Å². The third-order valence-corrected chi connectivity index (χ3v) is 5.94. The average molecular weight is 446 g/mol. The molecule has 1 aromatic carbocycles. The number of thiol groups is 1. The molecule has 1 unspecified atom stereocenters. The molecule has 1 fully saturated rings.